The number of anilines is 2. The van der Waals surface area contributed by atoms with Crippen molar-refractivity contribution in [2.75, 3.05) is 5.32 Å². The van der Waals surface area contributed by atoms with Gasteiger partial charge in [0.1, 0.15) is 11.5 Å². The van der Waals surface area contributed by atoms with E-state index in [9.17, 15) is 0 Å². The van der Waals surface area contributed by atoms with Crippen molar-refractivity contribution in [1.82, 2.24) is 24.7 Å². The number of pyridine rings is 1. The lowest BCUT2D eigenvalue weighted by Gasteiger charge is -2.18. The normalized spacial score (nSPS) is 11.5. The monoisotopic (exact) mass is 322 g/mol. The van der Waals surface area contributed by atoms with E-state index in [0.29, 0.717) is 5.82 Å². The molecule has 0 radical (unpaired) electrons. The molecule has 6 nitrogen and oxygen atoms in total. The number of rotatable bonds is 4. The number of aromatic nitrogens is 5. The van der Waals surface area contributed by atoms with Gasteiger partial charge >= 0.3 is 0 Å². The average molecular weight is 322 g/mol. The molecule has 0 atom stereocenters. The van der Waals surface area contributed by atoms with Crippen molar-refractivity contribution >= 4 is 11.5 Å². The van der Waals surface area contributed by atoms with Gasteiger partial charge in [-0.3, -0.25) is 9.67 Å². The third-order valence-corrected chi connectivity index (χ3v) is 3.58. The molecule has 1 N–H and O–H groups in total. The van der Waals surface area contributed by atoms with Crippen molar-refractivity contribution in [1.29, 1.82) is 0 Å². The Balaban J connectivity index is 1.92. The standard InChI is InChI=1S/C18H22N6/c1-5-13-10-16(21-14-11-20-24(12-14)18(2,3)4)23-17(22-13)15-8-6-7-9-19-15/h6-12H,5H2,1-4H3,(H,21,22,23). The maximum Gasteiger partial charge on any atom is 0.180 e. The lowest BCUT2D eigenvalue weighted by Crippen LogP contribution is -2.21. The zero-order chi connectivity index (χ0) is 17.2. The highest BCUT2D eigenvalue weighted by molar-refractivity contribution is 5.58. The van der Waals surface area contributed by atoms with Crippen LogP contribution in [0.25, 0.3) is 11.5 Å². The highest BCUT2D eigenvalue weighted by atomic mass is 15.3. The number of aryl methyl sites for hydroxylation is 1. The molecular weight excluding hydrogens is 300 g/mol. The maximum absolute atomic E-state index is 4.60. The van der Waals surface area contributed by atoms with Gasteiger partial charge in [-0.05, 0) is 39.3 Å². The number of nitrogens with zero attached hydrogens (tertiary/aromatic N) is 5. The molecule has 0 aliphatic heterocycles. The van der Waals surface area contributed by atoms with Crippen LogP contribution in [0.4, 0.5) is 11.5 Å². The quantitative estimate of drug-likeness (QED) is 0.791. The summed E-state index contributed by atoms with van der Waals surface area (Å²) in [4.78, 5) is 13.5. The predicted octanol–water partition coefficient (Wildman–Crippen LogP) is 3.80. The van der Waals surface area contributed by atoms with Gasteiger partial charge in [0, 0.05) is 24.2 Å². The molecule has 0 aromatic carbocycles. The largest absolute Gasteiger partial charge is 0.338 e. The first-order valence-corrected chi connectivity index (χ1v) is 8.07. The molecule has 0 bridgehead atoms. The molecule has 3 rings (SSSR count). The molecule has 0 aliphatic carbocycles. The van der Waals surface area contributed by atoms with Crippen molar-refractivity contribution < 1.29 is 0 Å². The zero-order valence-electron chi connectivity index (χ0n) is 14.5. The van der Waals surface area contributed by atoms with Crippen LogP contribution in [-0.2, 0) is 12.0 Å². The van der Waals surface area contributed by atoms with Gasteiger partial charge in [-0.15, -0.1) is 0 Å². The molecule has 124 valence electrons. The summed E-state index contributed by atoms with van der Waals surface area (Å²) in [6, 6.07) is 7.69. The van der Waals surface area contributed by atoms with Crippen LogP contribution in [-0.4, -0.2) is 24.7 Å². The fourth-order valence-electron chi connectivity index (χ4n) is 2.25. The van der Waals surface area contributed by atoms with Crippen molar-refractivity contribution in [3.8, 4) is 11.5 Å². The molecule has 0 saturated carbocycles. The SMILES string of the molecule is CCc1cc(Nc2cnn(C(C)(C)C)c2)nc(-c2ccccn2)n1. The highest BCUT2D eigenvalue weighted by Gasteiger charge is 2.14. The van der Waals surface area contributed by atoms with Crippen molar-refractivity contribution in [3.63, 3.8) is 0 Å². The van der Waals surface area contributed by atoms with E-state index in [1.807, 2.05) is 35.1 Å². The molecule has 0 amide bonds. The Kier molecular flexibility index (Phi) is 4.29. The third-order valence-electron chi connectivity index (χ3n) is 3.58. The second-order valence-electron chi connectivity index (χ2n) is 6.61. The Hall–Kier alpha value is -2.76. The predicted molar refractivity (Wildman–Crippen MR) is 95.1 cm³/mol. The second-order valence-corrected chi connectivity index (χ2v) is 6.61. The lowest BCUT2D eigenvalue weighted by atomic mass is 10.1. The number of hydrogen-bond acceptors (Lipinski definition) is 5. The van der Waals surface area contributed by atoms with Crippen LogP contribution in [0.1, 0.15) is 33.4 Å². The molecule has 0 saturated heterocycles. The molecule has 0 fully saturated rings. The van der Waals surface area contributed by atoms with E-state index in [-0.39, 0.29) is 5.54 Å². The molecule has 3 aromatic heterocycles. The van der Waals surface area contributed by atoms with Crippen LogP contribution in [0.15, 0.2) is 42.9 Å². The Labute approximate surface area is 142 Å². The fourth-order valence-corrected chi connectivity index (χ4v) is 2.25. The Bertz CT molecular complexity index is 817. The summed E-state index contributed by atoms with van der Waals surface area (Å²) in [7, 11) is 0. The zero-order valence-corrected chi connectivity index (χ0v) is 14.5. The van der Waals surface area contributed by atoms with Gasteiger partial charge in [0.05, 0.1) is 17.4 Å². The number of hydrogen-bond donors (Lipinski definition) is 1. The minimum atomic E-state index is -0.0563. The fraction of sp³-hybridized carbons (Fsp3) is 0.333. The first-order valence-electron chi connectivity index (χ1n) is 8.07. The van der Waals surface area contributed by atoms with Gasteiger partial charge in [-0.2, -0.15) is 5.10 Å². The molecule has 3 aromatic rings. The van der Waals surface area contributed by atoms with Crippen LogP contribution < -0.4 is 5.32 Å². The van der Waals surface area contributed by atoms with Crippen LogP contribution in [0, 0.1) is 0 Å². The van der Waals surface area contributed by atoms with E-state index in [0.717, 1.165) is 29.3 Å². The Morgan fingerprint density at radius 2 is 2.00 bits per heavy atom. The third kappa shape index (κ3) is 3.59. The summed E-state index contributed by atoms with van der Waals surface area (Å²) < 4.78 is 1.93. The summed E-state index contributed by atoms with van der Waals surface area (Å²) in [5.74, 6) is 1.37. The van der Waals surface area contributed by atoms with Crippen molar-refractivity contribution in [3.05, 3.63) is 48.5 Å². The van der Waals surface area contributed by atoms with Gasteiger partial charge in [0.2, 0.25) is 0 Å². The molecule has 6 heteroatoms. The Morgan fingerprint density at radius 1 is 1.17 bits per heavy atom. The average Bonchev–Trinajstić information content (AvgIpc) is 3.04. The van der Waals surface area contributed by atoms with E-state index in [1.54, 1.807) is 12.4 Å². The van der Waals surface area contributed by atoms with Crippen LogP contribution in [0.2, 0.25) is 0 Å². The molecular formula is C18H22N6. The minimum Gasteiger partial charge on any atom is -0.338 e. The number of nitrogens with one attached hydrogen (secondary N) is 1. The molecule has 0 unspecified atom stereocenters. The molecule has 0 aliphatic rings. The summed E-state index contributed by atoms with van der Waals surface area (Å²) in [6.45, 7) is 8.42. The van der Waals surface area contributed by atoms with E-state index in [1.165, 1.54) is 0 Å². The minimum absolute atomic E-state index is 0.0563. The summed E-state index contributed by atoms with van der Waals surface area (Å²) in [5, 5.41) is 7.72. The maximum atomic E-state index is 4.60. The van der Waals surface area contributed by atoms with Crippen molar-refractivity contribution in [2.24, 2.45) is 0 Å². The lowest BCUT2D eigenvalue weighted by molar-refractivity contribution is 0.355. The summed E-state index contributed by atoms with van der Waals surface area (Å²) >= 11 is 0. The second kappa shape index (κ2) is 6.39. The Morgan fingerprint density at radius 3 is 2.62 bits per heavy atom. The molecule has 24 heavy (non-hydrogen) atoms. The topological polar surface area (TPSA) is 68.5 Å². The van der Waals surface area contributed by atoms with E-state index in [4.69, 9.17) is 0 Å². The van der Waals surface area contributed by atoms with Crippen LogP contribution in [0.5, 0.6) is 0 Å². The van der Waals surface area contributed by atoms with E-state index < -0.39 is 0 Å². The van der Waals surface area contributed by atoms with Gasteiger partial charge in [-0.1, -0.05) is 13.0 Å². The summed E-state index contributed by atoms with van der Waals surface area (Å²) in [5.41, 5.74) is 2.58. The molecule has 0 spiro atoms. The van der Waals surface area contributed by atoms with Crippen molar-refractivity contribution in [2.45, 2.75) is 39.7 Å². The van der Waals surface area contributed by atoms with Crippen LogP contribution >= 0.6 is 0 Å². The highest BCUT2D eigenvalue weighted by Crippen LogP contribution is 2.21. The first-order chi connectivity index (χ1) is 11.5. The van der Waals surface area contributed by atoms with Gasteiger partial charge in [0.15, 0.2) is 5.82 Å². The van der Waals surface area contributed by atoms with E-state index in [2.05, 4.69) is 53.1 Å². The molecule has 3 heterocycles. The van der Waals surface area contributed by atoms with Gasteiger partial charge in [0.25, 0.3) is 0 Å². The smallest absolute Gasteiger partial charge is 0.180 e. The van der Waals surface area contributed by atoms with Crippen LogP contribution in [0.3, 0.4) is 0 Å². The summed E-state index contributed by atoms with van der Waals surface area (Å²) in [6.07, 6.45) is 6.36. The van der Waals surface area contributed by atoms with E-state index >= 15 is 0 Å². The van der Waals surface area contributed by atoms with Gasteiger partial charge < -0.3 is 5.32 Å². The van der Waals surface area contributed by atoms with Gasteiger partial charge in [-0.25, -0.2) is 9.97 Å². The first kappa shape index (κ1) is 16.1.